The van der Waals surface area contributed by atoms with E-state index < -0.39 is 0 Å². The summed E-state index contributed by atoms with van der Waals surface area (Å²) in [5.41, 5.74) is 1.65. The molecule has 0 amide bonds. The Labute approximate surface area is 76.8 Å². The standard InChI is InChI=1S/C10H13NS/c1-2-7-4-10(8-5-11-6-8)12-9(7)3-1/h4,8,11H,1-3,5-6H2. The highest BCUT2D eigenvalue weighted by atomic mass is 32.1. The van der Waals surface area contributed by atoms with Crippen molar-refractivity contribution in [3.05, 3.63) is 21.4 Å². The molecule has 1 nitrogen and oxygen atoms in total. The predicted octanol–water partition coefficient (Wildman–Crippen LogP) is 1.92. The van der Waals surface area contributed by atoms with E-state index in [4.69, 9.17) is 0 Å². The molecular weight excluding hydrogens is 166 g/mol. The molecule has 2 heterocycles. The van der Waals surface area contributed by atoms with Crippen LogP contribution in [-0.4, -0.2) is 13.1 Å². The Kier molecular flexibility index (Phi) is 1.52. The van der Waals surface area contributed by atoms with Crippen LogP contribution in [0.5, 0.6) is 0 Å². The minimum atomic E-state index is 0.848. The number of thiophene rings is 1. The Morgan fingerprint density at radius 2 is 2.25 bits per heavy atom. The first-order chi connectivity index (χ1) is 5.93. The van der Waals surface area contributed by atoms with Crippen LogP contribution in [0.15, 0.2) is 6.07 Å². The lowest BCUT2D eigenvalue weighted by atomic mass is 10.0. The summed E-state index contributed by atoms with van der Waals surface area (Å²) >= 11 is 2.07. The first kappa shape index (κ1) is 7.10. The molecule has 12 heavy (non-hydrogen) atoms. The van der Waals surface area contributed by atoms with Crippen molar-refractivity contribution in [2.24, 2.45) is 0 Å². The molecule has 1 aliphatic carbocycles. The Morgan fingerprint density at radius 3 is 2.92 bits per heavy atom. The normalized spacial score (nSPS) is 22.3. The zero-order chi connectivity index (χ0) is 7.97. The summed E-state index contributed by atoms with van der Waals surface area (Å²) in [6.07, 6.45) is 4.08. The monoisotopic (exact) mass is 179 g/mol. The summed E-state index contributed by atoms with van der Waals surface area (Å²) in [6, 6.07) is 2.46. The summed E-state index contributed by atoms with van der Waals surface area (Å²) in [5, 5.41) is 3.33. The maximum absolute atomic E-state index is 3.33. The lowest BCUT2D eigenvalue weighted by Crippen LogP contribution is -2.39. The maximum atomic E-state index is 3.33. The molecule has 0 atom stereocenters. The average molecular weight is 179 g/mol. The van der Waals surface area contributed by atoms with E-state index in [1.54, 1.807) is 15.3 Å². The molecule has 1 saturated heterocycles. The predicted molar refractivity (Wildman–Crippen MR) is 52.0 cm³/mol. The fraction of sp³-hybridized carbons (Fsp3) is 0.600. The molecule has 2 heteroatoms. The van der Waals surface area contributed by atoms with Crippen LogP contribution in [-0.2, 0) is 12.8 Å². The number of fused-ring (bicyclic) bond motifs is 1. The van der Waals surface area contributed by atoms with Crippen molar-refractivity contribution >= 4 is 11.3 Å². The molecule has 2 aliphatic rings. The largest absolute Gasteiger partial charge is 0.315 e. The van der Waals surface area contributed by atoms with Gasteiger partial charge in [-0.15, -0.1) is 11.3 Å². The topological polar surface area (TPSA) is 12.0 Å². The van der Waals surface area contributed by atoms with E-state index in [9.17, 15) is 0 Å². The van der Waals surface area contributed by atoms with E-state index in [-0.39, 0.29) is 0 Å². The van der Waals surface area contributed by atoms with E-state index in [0.29, 0.717) is 0 Å². The van der Waals surface area contributed by atoms with Gasteiger partial charge in [0.05, 0.1) is 0 Å². The second-order valence-electron chi connectivity index (χ2n) is 3.81. The summed E-state index contributed by atoms with van der Waals surface area (Å²) < 4.78 is 0. The van der Waals surface area contributed by atoms with Crippen molar-refractivity contribution in [3.63, 3.8) is 0 Å². The van der Waals surface area contributed by atoms with Crippen LogP contribution in [0.2, 0.25) is 0 Å². The average Bonchev–Trinajstić information content (AvgIpc) is 2.40. The van der Waals surface area contributed by atoms with Gasteiger partial charge in [-0.3, -0.25) is 0 Å². The zero-order valence-corrected chi connectivity index (χ0v) is 7.91. The molecule has 1 aromatic heterocycles. The lowest BCUT2D eigenvalue weighted by molar-refractivity contribution is 0.454. The van der Waals surface area contributed by atoms with Gasteiger partial charge in [0.25, 0.3) is 0 Å². The molecule has 0 saturated carbocycles. The van der Waals surface area contributed by atoms with Crippen LogP contribution < -0.4 is 5.32 Å². The number of hydrogen-bond acceptors (Lipinski definition) is 2. The van der Waals surface area contributed by atoms with Crippen molar-refractivity contribution in [3.8, 4) is 0 Å². The van der Waals surface area contributed by atoms with Gasteiger partial charge in [0, 0.05) is 28.8 Å². The van der Waals surface area contributed by atoms with Crippen LogP contribution >= 0.6 is 11.3 Å². The quantitative estimate of drug-likeness (QED) is 0.694. The molecule has 3 rings (SSSR count). The summed E-state index contributed by atoms with van der Waals surface area (Å²) in [7, 11) is 0. The van der Waals surface area contributed by atoms with Gasteiger partial charge >= 0.3 is 0 Å². The van der Waals surface area contributed by atoms with Crippen molar-refractivity contribution in [1.29, 1.82) is 0 Å². The van der Waals surface area contributed by atoms with Crippen LogP contribution in [0, 0.1) is 0 Å². The highest BCUT2D eigenvalue weighted by Gasteiger charge is 2.23. The number of hydrogen-bond donors (Lipinski definition) is 1. The number of aryl methyl sites for hydroxylation is 2. The third kappa shape index (κ3) is 0.947. The van der Waals surface area contributed by atoms with Crippen molar-refractivity contribution in [2.45, 2.75) is 25.2 Å². The van der Waals surface area contributed by atoms with E-state index in [0.717, 1.165) is 5.92 Å². The molecule has 64 valence electrons. The van der Waals surface area contributed by atoms with Crippen LogP contribution in [0.25, 0.3) is 0 Å². The highest BCUT2D eigenvalue weighted by molar-refractivity contribution is 7.12. The molecule has 0 aromatic carbocycles. The van der Waals surface area contributed by atoms with Crippen LogP contribution in [0.1, 0.15) is 27.7 Å². The van der Waals surface area contributed by atoms with Gasteiger partial charge < -0.3 is 5.32 Å². The fourth-order valence-electron chi connectivity index (χ4n) is 2.04. The van der Waals surface area contributed by atoms with Gasteiger partial charge in [-0.25, -0.2) is 0 Å². The first-order valence-electron chi connectivity index (χ1n) is 4.75. The zero-order valence-electron chi connectivity index (χ0n) is 7.10. The van der Waals surface area contributed by atoms with Gasteiger partial charge in [0.1, 0.15) is 0 Å². The van der Waals surface area contributed by atoms with E-state index >= 15 is 0 Å². The minimum Gasteiger partial charge on any atom is -0.315 e. The molecule has 0 bridgehead atoms. The van der Waals surface area contributed by atoms with Crippen molar-refractivity contribution < 1.29 is 0 Å². The molecule has 1 N–H and O–H groups in total. The van der Waals surface area contributed by atoms with E-state index in [1.165, 1.54) is 32.4 Å². The Morgan fingerprint density at radius 1 is 1.33 bits per heavy atom. The smallest absolute Gasteiger partial charge is 0.0183 e. The fourth-order valence-corrected chi connectivity index (χ4v) is 3.40. The maximum Gasteiger partial charge on any atom is 0.0183 e. The Bertz CT molecular complexity index is 277. The molecular formula is C10H13NS. The molecule has 1 fully saturated rings. The number of nitrogens with one attached hydrogen (secondary N) is 1. The summed E-state index contributed by atoms with van der Waals surface area (Å²) in [5.74, 6) is 0.848. The summed E-state index contributed by atoms with van der Waals surface area (Å²) in [6.45, 7) is 2.42. The third-order valence-corrected chi connectivity index (χ3v) is 4.35. The van der Waals surface area contributed by atoms with Crippen LogP contribution in [0.3, 0.4) is 0 Å². The SMILES string of the molecule is c1c(C2CNC2)sc2c1CCC2. The van der Waals surface area contributed by atoms with Crippen LogP contribution in [0.4, 0.5) is 0 Å². The Balaban J connectivity index is 1.92. The van der Waals surface area contributed by atoms with E-state index in [1.807, 2.05) is 0 Å². The van der Waals surface area contributed by atoms with Gasteiger partial charge in [0.15, 0.2) is 0 Å². The highest BCUT2D eigenvalue weighted by Crippen LogP contribution is 2.35. The number of rotatable bonds is 1. The van der Waals surface area contributed by atoms with Crippen molar-refractivity contribution in [2.75, 3.05) is 13.1 Å². The van der Waals surface area contributed by atoms with Gasteiger partial charge in [-0.05, 0) is 30.9 Å². The Hall–Kier alpha value is -0.340. The summed E-state index contributed by atoms with van der Waals surface area (Å²) in [4.78, 5) is 3.32. The van der Waals surface area contributed by atoms with Gasteiger partial charge in [-0.1, -0.05) is 0 Å². The molecule has 0 spiro atoms. The lowest BCUT2D eigenvalue weighted by Gasteiger charge is -2.25. The molecule has 0 unspecified atom stereocenters. The first-order valence-corrected chi connectivity index (χ1v) is 5.57. The van der Waals surface area contributed by atoms with Gasteiger partial charge in [-0.2, -0.15) is 0 Å². The second-order valence-corrected chi connectivity index (χ2v) is 4.97. The molecule has 1 aliphatic heterocycles. The van der Waals surface area contributed by atoms with Gasteiger partial charge in [0.2, 0.25) is 0 Å². The molecule has 0 radical (unpaired) electrons. The van der Waals surface area contributed by atoms with E-state index in [2.05, 4.69) is 22.7 Å². The third-order valence-electron chi connectivity index (χ3n) is 2.95. The minimum absolute atomic E-state index is 0.848. The van der Waals surface area contributed by atoms with Crippen molar-refractivity contribution in [1.82, 2.24) is 5.32 Å². The second kappa shape index (κ2) is 2.57. The molecule has 1 aromatic rings.